The van der Waals surface area contributed by atoms with Gasteiger partial charge in [0.2, 0.25) is 5.13 Å². The Morgan fingerprint density at radius 3 is 2.61 bits per heavy atom. The van der Waals surface area contributed by atoms with Crippen molar-refractivity contribution in [3.63, 3.8) is 0 Å². The van der Waals surface area contributed by atoms with Gasteiger partial charge in [-0.3, -0.25) is 4.79 Å². The fourth-order valence-corrected chi connectivity index (χ4v) is 2.23. The number of carbonyl (C=O) groups is 1. The third-order valence-electron chi connectivity index (χ3n) is 2.78. The molecule has 0 unspecified atom stereocenters. The van der Waals surface area contributed by atoms with Crippen LogP contribution in [0.4, 0.5) is 5.13 Å². The Bertz CT molecular complexity index is 377. The summed E-state index contributed by atoms with van der Waals surface area (Å²) in [7, 11) is 0. The summed E-state index contributed by atoms with van der Waals surface area (Å²) in [6.45, 7) is 5.19. The first-order chi connectivity index (χ1) is 8.49. The summed E-state index contributed by atoms with van der Waals surface area (Å²) in [6.07, 6.45) is 3.76. The summed E-state index contributed by atoms with van der Waals surface area (Å²) >= 11 is 1.50. The zero-order valence-corrected chi connectivity index (χ0v) is 11.5. The van der Waals surface area contributed by atoms with Crippen molar-refractivity contribution in [2.75, 3.05) is 12.3 Å². The number of carboxylic acid groups (broad SMARTS) is 1. The minimum absolute atomic E-state index is 0.0805. The average molecular weight is 272 g/mol. The molecule has 1 saturated carbocycles. The zero-order chi connectivity index (χ0) is 13.6. The van der Waals surface area contributed by atoms with Crippen molar-refractivity contribution < 1.29 is 9.90 Å². The van der Waals surface area contributed by atoms with Crippen LogP contribution in [0.3, 0.4) is 0 Å². The molecule has 1 aromatic heterocycles. The minimum Gasteiger partial charge on any atom is -0.483 e. The van der Waals surface area contributed by atoms with E-state index in [2.05, 4.69) is 29.4 Å². The molecule has 0 aliphatic heterocycles. The van der Waals surface area contributed by atoms with Gasteiger partial charge in [0.25, 0.3) is 6.47 Å². The molecule has 7 heteroatoms. The van der Waals surface area contributed by atoms with Crippen molar-refractivity contribution in [3.8, 4) is 0 Å². The molecule has 0 saturated heterocycles. The van der Waals surface area contributed by atoms with Crippen LogP contribution in [0, 0.1) is 0 Å². The van der Waals surface area contributed by atoms with Crippen molar-refractivity contribution in [3.05, 3.63) is 5.01 Å². The normalized spacial score (nSPS) is 14.8. The number of nitrogens with two attached hydrogens (primary N) is 1. The van der Waals surface area contributed by atoms with E-state index in [1.54, 1.807) is 0 Å². The monoisotopic (exact) mass is 272 g/mol. The van der Waals surface area contributed by atoms with Crippen molar-refractivity contribution >= 4 is 22.9 Å². The smallest absolute Gasteiger partial charge is 0.290 e. The van der Waals surface area contributed by atoms with Gasteiger partial charge in [-0.1, -0.05) is 25.2 Å². The Labute approximate surface area is 111 Å². The van der Waals surface area contributed by atoms with Crippen LogP contribution < -0.4 is 11.1 Å². The lowest BCUT2D eigenvalue weighted by Crippen LogP contribution is -2.26. The van der Waals surface area contributed by atoms with Crippen molar-refractivity contribution in [2.45, 2.75) is 44.6 Å². The SMILES string of the molecule is CC(C)(CCNC1CC1)c1nnc(N)s1.O=CO. The van der Waals surface area contributed by atoms with Crippen molar-refractivity contribution in [1.29, 1.82) is 0 Å². The molecule has 18 heavy (non-hydrogen) atoms. The summed E-state index contributed by atoms with van der Waals surface area (Å²) in [5.74, 6) is 0. The van der Waals surface area contributed by atoms with Crippen LogP contribution in [0.15, 0.2) is 0 Å². The molecule has 1 heterocycles. The first-order valence-electron chi connectivity index (χ1n) is 5.90. The van der Waals surface area contributed by atoms with Gasteiger partial charge < -0.3 is 16.2 Å². The van der Waals surface area contributed by atoms with E-state index < -0.39 is 0 Å². The Morgan fingerprint density at radius 1 is 1.56 bits per heavy atom. The number of anilines is 1. The average Bonchev–Trinajstić information content (AvgIpc) is 2.99. The van der Waals surface area contributed by atoms with Gasteiger partial charge in [0.15, 0.2) is 0 Å². The van der Waals surface area contributed by atoms with Crippen LogP contribution >= 0.6 is 11.3 Å². The van der Waals surface area contributed by atoms with E-state index in [1.807, 2.05) is 0 Å². The highest BCUT2D eigenvalue weighted by Crippen LogP contribution is 2.30. The highest BCUT2D eigenvalue weighted by atomic mass is 32.1. The van der Waals surface area contributed by atoms with Crippen LogP contribution in [0.2, 0.25) is 0 Å². The van der Waals surface area contributed by atoms with Gasteiger partial charge in [0.05, 0.1) is 0 Å². The molecule has 1 aliphatic rings. The van der Waals surface area contributed by atoms with Gasteiger partial charge in [0, 0.05) is 11.5 Å². The maximum absolute atomic E-state index is 8.36. The van der Waals surface area contributed by atoms with Gasteiger partial charge in [-0.2, -0.15) is 0 Å². The maximum Gasteiger partial charge on any atom is 0.290 e. The maximum atomic E-state index is 8.36. The number of nitrogens with one attached hydrogen (secondary N) is 1. The van der Waals surface area contributed by atoms with E-state index in [0.29, 0.717) is 5.13 Å². The lowest BCUT2D eigenvalue weighted by atomic mass is 9.90. The van der Waals surface area contributed by atoms with E-state index in [4.69, 9.17) is 15.6 Å². The highest BCUT2D eigenvalue weighted by molar-refractivity contribution is 7.15. The Kier molecular flexibility index (Phi) is 5.49. The number of rotatable bonds is 5. The first kappa shape index (κ1) is 14.8. The van der Waals surface area contributed by atoms with Gasteiger partial charge in [-0.05, 0) is 25.8 Å². The van der Waals surface area contributed by atoms with Crippen molar-refractivity contribution in [2.24, 2.45) is 0 Å². The second kappa shape index (κ2) is 6.65. The summed E-state index contributed by atoms with van der Waals surface area (Å²) in [5.41, 5.74) is 5.67. The van der Waals surface area contributed by atoms with Gasteiger partial charge in [-0.25, -0.2) is 0 Å². The molecule has 0 atom stereocenters. The summed E-state index contributed by atoms with van der Waals surface area (Å²) in [6, 6.07) is 0.778. The lowest BCUT2D eigenvalue weighted by Gasteiger charge is -2.21. The second-order valence-corrected chi connectivity index (χ2v) is 5.92. The molecule has 0 radical (unpaired) electrons. The minimum atomic E-state index is -0.250. The molecular formula is C11H20N4O2S. The predicted octanol–water partition coefficient (Wildman–Crippen LogP) is 1.24. The Morgan fingerprint density at radius 2 is 2.17 bits per heavy atom. The molecule has 6 nitrogen and oxygen atoms in total. The highest BCUT2D eigenvalue weighted by Gasteiger charge is 2.26. The number of nitrogens with zero attached hydrogens (tertiary/aromatic N) is 2. The molecule has 1 fully saturated rings. The van der Waals surface area contributed by atoms with Crippen LogP contribution in [-0.2, 0) is 10.2 Å². The van der Waals surface area contributed by atoms with E-state index >= 15 is 0 Å². The van der Waals surface area contributed by atoms with Gasteiger partial charge in [-0.15, -0.1) is 10.2 Å². The molecule has 0 spiro atoms. The number of nitrogen functional groups attached to an aromatic ring is 1. The fourth-order valence-electron chi connectivity index (χ4n) is 1.49. The molecule has 0 aromatic carbocycles. The number of hydrogen-bond donors (Lipinski definition) is 3. The van der Waals surface area contributed by atoms with E-state index in [-0.39, 0.29) is 11.9 Å². The van der Waals surface area contributed by atoms with E-state index in [0.717, 1.165) is 24.0 Å². The quantitative estimate of drug-likeness (QED) is 0.697. The summed E-state index contributed by atoms with van der Waals surface area (Å²) < 4.78 is 0. The van der Waals surface area contributed by atoms with Crippen LogP contribution in [0.25, 0.3) is 0 Å². The standard InChI is InChI=1S/C10H18N4S.CH2O2/c1-10(2,5-6-12-7-3-4-7)8-13-14-9(11)15-8;2-1-3/h7,12H,3-6H2,1-2H3,(H2,11,14);1H,(H,2,3). The molecular weight excluding hydrogens is 252 g/mol. The summed E-state index contributed by atoms with van der Waals surface area (Å²) in [4.78, 5) is 8.36. The molecule has 0 bridgehead atoms. The number of hydrogen-bond acceptors (Lipinski definition) is 6. The van der Waals surface area contributed by atoms with Crippen LogP contribution in [0.5, 0.6) is 0 Å². The third-order valence-corrected chi connectivity index (χ3v) is 3.90. The molecule has 1 aromatic rings. The molecule has 1 aliphatic carbocycles. The lowest BCUT2D eigenvalue weighted by molar-refractivity contribution is -0.122. The van der Waals surface area contributed by atoms with Crippen LogP contribution in [-0.4, -0.2) is 34.4 Å². The van der Waals surface area contributed by atoms with Crippen LogP contribution in [0.1, 0.15) is 38.1 Å². The predicted molar refractivity (Wildman–Crippen MR) is 71.7 cm³/mol. The zero-order valence-electron chi connectivity index (χ0n) is 10.7. The third kappa shape index (κ3) is 4.97. The largest absolute Gasteiger partial charge is 0.483 e. The van der Waals surface area contributed by atoms with Gasteiger partial charge >= 0.3 is 0 Å². The molecule has 2 rings (SSSR count). The van der Waals surface area contributed by atoms with E-state index in [1.165, 1.54) is 24.2 Å². The number of aromatic nitrogens is 2. The van der Waals surface area contributed by atoms with Gasteiger partial charge in [0.1, 0.15) is 5.01 Å². The fraction of sp³-hybridized carbons (Fsp3) is 0.727. The molecule has 0 amide bonds. The topological polar surface area (TPSA) is 101 Å². The molecule has 102 valence electrons. The van der Waals surface area contributed by atoms with E-state index in [9.17, 15) is 0 Å². The van der Waals surface area contributed by atoms with Crippen molar-refractivity contribution in [1.82, 2.24) is 15.5 Å². The first-order valence-corrected chi connectivity index (χ1v) is 6.72. The second-order valence-electron chi connectivity index (χ2n) is 4.91. The Balaban J connectivity index is 0.000000492. The Hall–Kier alpha value is -1.21. The molecule has 4 N–H and O–H groups in total. The summed E-state index contributed by atoms with van der Waals surface area (Å²) in [5, 5.41) is 20.0.